The highest BCUT2D eigenvalue weighted by atomic mass is 16.5. The third-order valence-electron chi connectivity index (χ3n) is 3.51. The Morgan fingerprint density at radius 2 is 1.67 bits per heavy atom. The first kappa shape index (κ1) is 14.5. The maximum Gasteiger partial charge on any atom is 0.323 e. The molecule has 0 unspecified atom stereocenters. The van der Waals surface area contributed by atoms with Gasteiger partial charge in [0.25, 0.3) is 0 Å². The summed E-state index contributed by atoms with van der Waals surface area (Å²) in [5.74, 6) is -1.05. The first-order valence-electron chi connectivity index (χ1n) is 5.90. The Labute approximate surface area is 108 Å². The van der Waals surface area contributed by atoms with Crippen LogP contribution in [0.2, 0.25) is 0 Å². The largest absolute Gasteiger partial charge is 0.468 e. The number of esters is 2. The lowest BCUT2D eigenvalue weighted by Gasteiger charge is -2.34. The Morgan fingerprint density at radius 1 is 1.17 bits per heavy atom. The normalized spacial score (nSPS) is 18.2. The fraction of sp³-hybridized carbons (Fsp3) is 0.571. The van der Waals surface area contributed by atoms with Crippen molar-refractivity contribution in [1.29, 1.82) is 0 Å². The van der Waals surface area contributed by atoms with E-state index in [4.69, 9.17) is 9.47 Å². The highest BCUT2D eigenvalue weighted by Gasteiger charge is 2.50. The molecule has 0 spiro atoms. The Morgan fingerprint density at radius 3 is 2.06 bits per heavy atom. The van der Waals surface area contributed by atoms with Crippen LogP contribution in [0, 0.1) is 5.41 Å². The summed E-state index contributed by atoms with van der Waals surface area (Å²) in [5, 5.41) is 0. The molecule has 1 aliphatic rings. The van der Waals surface area contributed by atoms with Crippen molar-refractivity contribution in [3.63, 3.8) is 0 Å². The van der Waals surface area contributed by atoms with Gasteiger partial charge in [-0.2, -0.15) is 0 Å². The number of ether oxygens (including phenoxy) is 2. The van der Waals surface area contributed by atoms with Crippen LogP contribution in [0.1, 0.15) is 33.1 Å². The lowest BCUT2D eigenvalue weighted by molar-refractivity contribution is -0.170. The zero-order valence-electron chi connectivity index (χ0n) is 11.5. The molecule has 0 radical (unpaired) electrons. The molecule has 0 aromatic carbocycles. The summed E-state index contributed by atoms with van der Waals surface area (Å²) < 4.78 is 9.57. The maximum atomic E-state index is 12.0. The average Bonchev–Trinajstić information content (AvgIpc) is 2.37. The fourth-order valence-corrected chi connectivity index (χ4v) is 2.38. The number of carbonyl (C=O) groups is 2. The van der Waals surface area contributed by atoms with Gasteiger partial charge in [0, 0.05) is 0 Å². The van der Waals surface area contributed by atoms with Gasteiger partial charge in [-0.15, -0.1) is 0 Å². The molecule has 18 heavy (non-hydrogen) atoms. The van der Waals surface area contributed by atoms with Gasteiger partial charge in [0.15, 0.2) is 5.41 Å². The van der Waals surface area contributed by atoms with Gasteiger partial charge in [0.2, 0.25) is 0 Å². The second-order valence-electron chi connectivity index (χ2n) is 4.82. The van der Waals surface area contributed by atoms with Gasteiger partial charge in [0.05, 0.1) is 14.2 Å². The molecule has 0 saturated heterocycles. The highest BCUT2D eigenvalue weighted by Crippen LogP contribution is 2.44. The lowest BCUT2D eigenvalue weighted by atomic mass is 9.69. The molecule has 0 amide bonds. The van der Waals surface area contributed by atoms with Gasteiger partial charge in [-0.25, -0.2) is 0 Å². The molecule has 1 rings (SSSR count). The van der Waals surface area contributed by atoms with E-state index in [9.17, 15) is 9.59 Å². The van der Waals surface area contributed by atoms with E-state index in [0.29, 0.717) is 19.3 Å². The number of hydrogen-bond donors (Lipinski definition) is 0. The first-order valence-corrected chi connectivity index (χ1v) is 5.90. The molecule has 0 aromatic heterocycles. The van der Waals surface area contributed by atoms with Crippen LogP contribution in [-0.4, -0.2) is 26.2 Å². The molecular weight excluding hydrogens is 232 g/mol. The first-order chi connectivity index (χ1) is 8.39. The molecule has 100 valence electrons. The van der Waals surface area contributed by atoms with E-state index in [0.717, 1.165) is 16.7 Å². The molecule has 0 aromatic rings. The molecule has 1 aliphatic carbocycles. The van der Waals surface area contributed by atoms with Crippen LogP contribution in [0.5, 0.6) is 0 Å². The lowest BCUT2D eigenvalue weighted by Crippen LogP contribution is -2.43. The molecule has 0 N–H and O–H groups in total. The van der Waals surface area contributed by atoms with Crippen molar-refractivity contribution < 1.29 is 19.1 Å². The Balaban J connectivity index is 3.22. The topological polar surface area (TPSA) is 52.6 Å². The summed E-state index contributed by atoms with van der Waals surface area (Å²) in [4.78, 5) is 24.0. The number of hydrogen-bond acceptors (Lipinski definition) is 4. The van der Waals surface area contributed by atoms with E-state index in [-0.39, 0.29) is 0 Å². The SMILES string of the molecule is C=C1CCC(C(=O)OC)(C(=O)OC)CC1=C(C)C. The van der Waals surface area contributed by atoms with E-state index in [1.54, 1.807) is 0 Å². The second-order valence-corrected chi connectivity index (χ2v) is 4.82. The van der Waals surface area contributed by atoms with E-state index < -0.39 is 17.4 Å². The van der Waals surface area contributed by atoms with Crippen molar-refractivity contribution >= 4 is 11.9 Å². The van der Waals surface area contributed by atoms with Crippen LogP contribution >= 0.6 is 0 Å². The second kappa shape index (κ2) is 5.38. The van der Waals surface area contributed by atoms with Crippen LogP contribution in [0.4, 0.5) is 0 Å². The molecular formula is C14H20O4. The molecule has 0 heterocycles. The number of rotatable bonds is 2. The van der Waals surface area contributed by atoms with Crippen molar-refractivity contribution in [3.05, 3.63) is 23.3 Å². The Kier molecular flexibility index (Phi) is 4.33. The monoisotopic (exact) mass is 252 g/mol. The predicted octanol–water partition coefficient (Wildman–Crippen LogP) is 2.40. The van der Waals surface area contributed by atoms with Crippen molar-refractivity contribution in [1.82, 2.24) is 0 Å². The van der Waals surface area contributed by atoms with E-state index in [1.165, 1.54) is 14.2 Å². The van der Waals surface area contributed by atoms with Crippen LogP contribution in [0.3, 0.4) is 0 Å². The smallest absolute Gasteiger partial charge is 0.323 e. The van der Waals surface area contributed by atoms with Crippen LogP contribution in [-0.2, 0) is 19.1 Å². The van der Waals surface area contributed by atoms with Crippen molar-refractivity contribution in [3.8, 4) is 0 Å². The number of allylic oxidation sites excluding steroid dienone is 3. The van der Waals surface area contributed by atoms with Gasteiger partial charge in [0.1, 0.15) is 0 Å². The third-order valence-corrected chi connectivity index (χ3v) is 3.51. The van der Waals surface area contributed by atoms with Gasteiger partial charge < -0.3 is 9.47 Å². The molecule has 0 bridgehead atoms. The third kappa shape index (κ3) is 2.33. The molecule has 0 atom stereocenters. The van der Waals surface area contributed by atoms with Crippen molar-refractivity contribution in [2.24, 2.45) is 5.41 Å². The number of methoxy groups -OCH3 is 2. The Bertz CT molecular complexity index is 398. The average molecular weight is 252 g/mol. The standard InChI is InChI=1S/C14H20O4/c1-9(2)11-8-14(12(15)17-4,13(16)18-5)7-6-10(11)3/h3,6-8H2,1-2,4-5H3. The summed E-state index contributed by atoms with van der Waals surface area (Å²) in [6.45, 7) is 7.89. The van der Waals surface area contributed by atoms with Gasteiger partial charge in [-0.3, -0.25) is 9.59 Å². The zero-order valence-corrected chi connectivity index (χ0v) is 11.5. The van der Waals surface area contributed by atoms with Crippen molar-refractivity contribution in [2.75, 3.05) is 14.2 Å². The van der Waals surface area contributed by atoms with Crippen LogP contribution in [0.15, 0.2) is 23.3 Å². The predicted molar refractivity (Wildman–Crippen MR) is 67.8 cm³/mol. The van der Waals surface area contributed by atoms with E-state index in [1.807, 2.05) is 13.8 Å². The summed E-state index contributed by atoms with van der Waals surface area (Å²) >= 11 is 0. The summed E-state index contributed by atoms with van der Waals surface area (Å²) in [6.07, 6.45) is 1.31. The Hall–Kier alpha value is -1.58. The van der Waals surface area contributed by atoms with E-state index in [2.05, 4.69) is 6.58 Å². The molecule has 1 fully saturated rings. The minimum atomic E-state index is -1.21. The van der Waals surface area contributed by atoms with Gasteiger partial charge in [-0.1, -0.05) is 17.7 Å². The summed E-state index contributed by atoms with van der Waals surface area (Å²) in [6, 6.07) is 0. The zero-order chi connectivity index (χ0) is 13.9. The highest BCUT2D eigenvalue weighted by molar-refractivity contribution is 6.00. The quantitative estimate of drug-likeness (QED) is 0.559. The minimum Gasteiger partial charge on any atom is -0.468 e. The van der Waals surface area contributed by atoms with Crippen LogP contribution in [0.25, 0.3) is 0 Å². The maximum absolute atomic E-state index is 12.0. The molecule has 4 heteroatoms. The van der Waals surface area contributed by atoms with Gasteiger partial charge >= 0.3 is 11.9 Å². The summed E-state index contributed by atoms with van der Waals surface area (Å²) in [5.41, 5.74) is 1.81. The fourth-order valence-electron chi connectivity index (χ4n) is 2.38. The molecule has 1 saturated carbocycles. The molecule has 0 aliphatic heterocycles. The molecule has 4 nitrogen and oxygen atoms in total. The van der Waals surface area contributed by atoms with Gasteiger partial charge in [-0.05, 0) is 38.7 Å². The minimum absolute atomic E-state index is 0.313. The van der Waals surface area contributed by atoms with E-state index >= 15 is 0 Å². The van der Waals surface area contributed by atoms with Crippen LogP contribution < -0.4 is 0 Å². The van der Waals surface area contributed by atoms with Crippen molar-refractivity contribution in [2.45, 2.75) is 33.1 Å². The summed E-state index contributed by atoms with van der Waals surface area (Å²) in [7, 11) is 2.58. The number of carbonyl (C=O) groups excluding carboxylic acids is 2.